The van der Waals surface area contributed by atoms with Gasteiger partial charge in [-0.2, -0.15) is 0 Å². The summed E-state index contributed by atoms with van der Waals surface area (Å²) in [7, 11) is 0. The van der Waals surface area contributed by atoms with Crippen molar-refractivity contribution in [3.05, 3.63) is 22.6 Å². The molecule has 0 unspecified atom stereocenters. The predicted molar refractivity (Wildman–Crippen MR) is 74.8 cm³/mol. The van der Waals surface area contributed by atoms with Crippen LogP contribution in [0.2, 0.25) is 0 Å². The third kappa shape index (κ3) is 3.82. The number of nitrogens with two attached hydrogens (primary N) is 1. The predicted octanol–water partition coefficient (Wildman–Crippen LogP) is 1.39. The molecule has 1 heterocycles. The molecule has 0 atom stereocenters. The summed E-state index contributed by atoms with van der Waals surface area (Å²) in [5.74, 6) is -2.54. The molecule has 0 saturated carbocycles. The van der Waals surface area contributed by atoms with E-state index in [0.717, 1.165) is 17.4 Å². The van der Waals surface area contributed by atoms with Crippen LogP contribution in [0.5, 0.6) is 0 Å². The van der Waals surface area contributed by atoms with Crippen molar-refractivity contribution in [3.63, 3.8) is 0 Å². The van der Waals surface area contributed by atoms with Crippen molar-refractivity contribution in [3.8, 4) is 0 Å². The average Bonchev–Trinajstić information content (AvgIpc) is 2.62. The molecule has 1 aromatic rings. The van der Waals surface area contributed by atoms with E-state index in [1.165, 1.54) is 0 Å². The molecular formula is C12H14N2O5S. The lowest BCUT2D eigenvalue weighted by Crippen LogP contribution is -2.13. The Kier molecular flexibility index (Phi) is 5.27. The zero-order valence-electron chi connectivity index (χ0n) is 10.9. The summed E-state index contributed by atoms with van der Waals surface area (Å²) in [6.45, 7) is 3.53. The number of anilines is 2. The Morgan fingerprint density at radius 1 is 1.40 bits per heavy atom. The Morgan fingerprint density at radius 2 is 2.05 bits per heavy atom. The maximum atomic E-state index is 11.8. The van der Waals surface area contributed by atoms with E-state index in [0.29, 0.717) is 11.0 Å². The summed E-state index contributed by atoms with van der Waals surface area (Å²) in [5.41, 5.74) is 6.11. The molecule has 7 nitrogen and oxygen atoms in total. The van der Waals surface area contributed by atoms with Gasteiger partial charge in [0.25, 0.3) is 0 Å². The van der Waals surface area contributed by atoms with Gasteiger partial charge in [-0.1, -0.05) is 0 Å². The zero-order valence-corrected chi connectivity index (χ0v) is 11.7. The number of ether oxygens (including phenoxy) is 1. The number of hydrogen-bond donors (Lipinski definition) is 3. The first-order valence-electron chi connectivity index (χ1n) is 5.64. The first kappa shape index (κ1) is 15.7. The maximum Gasteiger partial charge on any atom is 0.343 e. The third-order valence-electron chi connectivity index (χ3n) is 2.22. The largest absolute Gasteiger partial charge is 0.478 e. The maximum absolute atomic E-state index is 11.8. The number of hydrogen-bond acceptors (Lipinski definition) is 6. The first-order chi connectivity index (χ1) is 9.36. The smallest absolute Gasteiger partial charge is 0.343 e. The Morgan fingerprint density at radius 3 is 2.60 bits per heavy atom. The molecule has 4 N–H and O–H groups in total. The molecule has 0 aliphatic heterocycles. The summed E-state index contributed by atoms with van der Waals surface area (Å²) in [5, 5.41) is 11.1. The fourth-order valence-electron chi connectivity index (χ4n) is 1.35. The van der Waals surface area contributed by atoms with E-state index in [9.17, 15) is 14.4 Å². The van der Waals surface area contributed by atoms with E-state index < -0.39 is 17.8 Å². The van der Waals surface area contributed by atoms with Gasteiger partial charge in [0.05, 0.1) is 12.3 Å². The van der Waals surface area contributed by atoms with Crippen LogP contribution in [0.25, 0.3) is 0 Å². The van der Waals surface area contributed by atoms with Crippen LogP contribution in [-0.2, 0) is 14.3 Å². The molecule has 20 heavy (non-hydrogen) atoms. The number of carboxylic acids is 1. The molecule has 0 aliphatic rings. The van der Waals surface area contributed by atoms with Gasteiger partial charge in [0.1, 0.15) is 10.6 Å². The van der Waals surface area contributed by atoms with Crippen LogP contribution in [0.15, 0.2) is 12.2 Å². The van der Waals surface area contributed by atoms with E-state index in [4.69, 9.17) is 15.6 Å². The first-order valence-corrected chi connectivity index (χ1v) is 6.46. The number of esters is 1. The van der Waals surface area contributed by atoms with E-state index in [1.807, 2.05) is 0 Å². The molecule has 0 spiro atoms. The second-order valence-corrected chi connectivity index (χ2v) is 4.88. The third-order valence-corrected chi connectivity index (χ3v) is 3.26. The molecule has 0 fully saturated rings. The van der Waals surface area contributed by atoms with Crippen LogP contribution < -0.4 is 11.1 Å². The second-order valence-electron chi connectivity index (χ2n) is 3.66. The highest BCUT2D eigenvalue weighted by atomic mass is 32.1. The van der Waals surface area contributed by atoms with Crippen molar-refractivity contribution in [2.45, 2.75) is 13.8 Å². The number of amides is 1. The SMILES string of the molecule is CCOC(=O)c1c(NC(=O)/C=C\C(=O)O)sc(C)c1N. The number of carboxylic acid groups (broad SMARTS) is 1. The van der Waals surface area contributed by atoms with Gasteiger partial charge in [0.15, 0.2) is 0 Å². The van der Waals surface area contributed by atoms with Gasteiger partial charge in [-0.05, 0) is 13.8 Å². The average molecular weight is 298 g/mol. The fourth-order valence-corrected chi connectivity index (χ4v) is 2.32. The minimum absolute atomic E-state index is 0.0893. The van der Waals surface area contributed by atoms with Crippen molar-refractivity contribution in [2.24, 2.45) is 0 Å². The normalized spacial score (nSPS) is 10.5. The lowest BCUT2D eigenvalue weighted by Gasteiger charge is -2.05. The van der Waals surface area contributed by atoms with Crippen molar-refractivity contribution in [1.29, 1.82) is 0 Å². The number of rotatable bonds is 5. The van der Waals surface area contributed by atoms with Gasteiger partial charge in [0, 0.05) is 17.0 Å². The van der Waals surface area contributed by atoms with Crippen LogP contribution in [-0.4, -0.2) is 29.6 Å². The van der Waals surface area contributed by atoms with Crippen LogP contribution >= 0.6 is 11.3 Å². The molecule has 1 aromatic heterocycles. The Labute approximate surface area is 119 Å². The Hall–Kier alpha value is -2.35. The molecule has 0 aliphatic carbocycles. The number of aryl methyl sites for hydroxylation is 1. The number of aliphatic carboxylic acids is 1. The summed E-state index contributed by atoms with van der Waals surface area (Å²) in [4.78, 5) is 34.3. The summed E-state index contributed by atoms with van der Waals surface area (Å²) in [6.07, 6.45) is 1.55. The zero-order chi connectivity index (χ0) is 15.3. The van der Waals surface area contributed by atoms with E-state index in [2.05, 4.69) is 5.32 Å². The van der Waals surface area contributed by atoms with Gasteiger partial charge in [-0.3, -0.25) is 4.79 Å². The highest BCUT2D eigenvalue weighted by Gasteiger charge is 2.22. The molecule has 108 valence electrons. The van der Waals surface area contributed by atoms with Crippen LogP contribution in [0.4, 0.5) is 10.7 Å². The molecule has 1 amide bonds. The monoisotopic (exact) mass is 298 g/mol. The minimum Gasteiger partial charge on any atom is -0.478 e. The van der Waals surface area contributed by atoms with Crippen molar-refractivity contribution < 1.29 is 24.2 Å². The minimum atomic E-state index is -1.24. The van der Waals surface area contributed by atoms with Crippen molar-refractivity contribution in [1.82, 2.24) is 0 Å². The number of nitrogens with one attached hydrogen (secondary N) is 1. The molecule has 0 saturated heterocycles. The van der Waals surface area contributed by atoms with Crippen LogP contribution in [0, 0.1) is 6.92 Å². The highest BCUT2D eigenvalue weighted by Crippen LogP contribution is 2.35. The van der Waals surface area contributed by atoms with Crippen molar-refractivity contribution in [2.75, 3.05) is 17.7 Å². The lowest BCUT2D eigenvalue weighted by atomic mass is 10.2. The summed E-state index contributed by atoms with van der Waals surface area (Å²) in [6, 6.07) is 0. The Bertz CT molecular complexity index is 577. The van der Waals surface area contributed by atoms with Gasteiger partial charge in [-0.15, -0.1) is 11.3 Å². The van der Waals surface area contributed by atoms with E-state index >= 15 is 0 Å². The van der Waals surface area contributed by atoms with E-state index in [-0.39, 0.29) is 22.9 Å². The number of carbonyl (C=O) groups excluding carboxylic acids is 2. The lowest BCUT2D eigenvalue weighted by molar-refractivity contribution is -0.131. The van der Waals surface area contributed by atoms with Crippen molar-refractivity contribution >= 4 is 39.9 Å². The van der Waals surface area contributed by atoms with Gasteiger partial charge < -0.3 is 20.9 Å². The Balaban J connectivity index is 3.01. The molecule has 1 rings (SSSR count). The highest BCUT2D eigenvalue weighted by molar-refractivity contribution is 7.17. The number of carbonyl (C=O) groups is 3. The fraction of sp³-hybridized carbons (Fsp3) is 0.250. The summed E-state index contributed by atoms with van der Waals surface area (Å²) >= 11 is 1.12. The van der Waals surface area contributed by atoms with E-state index in [1.54, 1.807) is 13.8 Å². The number of nitrogen functional groups attached to an aromatic ring is 1. The second kappa shape index (κ2) is 6.71. The summed E-state index contributed by atoms with van der Waals surface area (Å²) < 4.78 is 4.87. The quantitative estimate of drug-likeness (QED) is 0.558. The van der Waals surface area contributed by atoms with Gasteiger partial charge in [-0.25, -0.2) is 9.59 Å². The molecule has 8 heteroatoms. The molecule has 0 aromatic carbocycles. The molecule has 0 radical (unpaired) electrons. The molecular weight excluding hydrogens is 284 g/mol. The van der Waals surface area contributed by atoms with Gasteiger partial charge in [0.2, 0.25) is 5.91 Å². The number of thiophene rings is 1. The standard InChI is InChI=1S/C12H14N2O5S/c1-3-19-12(18)9-10(13)6(2)20-11(9)14-7(15)4-5-8(16)17/h4-5H,3,13H2,1-2H3,(H,14,15)(H,16,17)/b5-4-. The van der Waals surface area contributed by atoms with Crippen LogP contribution in [0.1, 0.15) is 22.2 Å². The van der Waals surface area contributed by atoms with Crippen LogP contribution in [0.3, 0.4) is 0 Å². The molecule has 0 bridgehead atoms. The van der Waals surface area contributed by atoms with Gasteiger partial charge >= 0.3 is 11.9 Å². The topological polar surface area (TPSA) is 119 Å².